The quantitative estimate of drug-likeness (QED) is 0.0211. The lowest BCUT2D eigenvalue weighted by molar-refractivity contribution is -0.870. The average Bonchev–Trinajstić information content (AvgIpc) is 3.27. The third-order valence-corrected chi connectivity index (χ3v) is 12.5. The van der Waals surface area contributed by atoms with Crippen molar-refractivity contribution in [2.75, 3.05) is 47.5 Å². The molecular formula is C56H103NO8P+. The third-order valence-electron chi connectivity index (χ3n) is 11.6. The van der Waals surface area contributed by atoms with Gasteiger partial charge in [0.2, 0.25) is 0 Å². The van der Waals surface area contributed by atoms with Gasteiger partial charge < -0.3 is 18.9 Å². The summed E-state index contributed by atoms with van der Waals surface area (Å²) in [6.07, 6.45) is 59.9. The maximum atomic E-state index is 12.8. The monoisotopic (exact) mass is 949 g/mol. The summed E-state index contributed by atoms with van der Waals surface area (Å²) < 4.78 is 34.5. The molecule has 0 bridgehead atoms. The number of hydrogen-bond acceptors (Lipinski definition) is 7. The highest BCUT2D eigenvalue weighted by molar-refractivity contribution is 7.47. The molecule has 0 saturated heterocycles. The summed E-state index contributed by atoms with van der Waals surface area (Å²) in [7, 11) is 1.48. The molecule has 0 saturated carbocycles. The van der Waals surface area contributed by atoms with Crippen LogP contribution in [0.25, 0.3) is 0 Å². The van der Waals surface area contributed by atoms with Gasteiger partial charge in [-0.1, -0.05) is 222 Å². The first kappa shape index (κ1) is 63.7. The number of quaternary nitrogens is 1. The van der Waals surface area contributed by atoms with E-state index in [0.29, 0.717) is 23.9 Å². The van der Waals surface area contributed by atoms with Crippen molar-refractivity contribution in [3.8, 4) is 0 Å². The van der Waals surface area contributed by atoms with Crippen LogP contribution in [-0.4, -0.2) is 74.9 Å². The van der Waals surface area contributed by atoms with E-state index in [1.807, 2.05) is 21.1 Å². The molecule has 0 rings (SSSR count). The van der Waals surface area contributed by atoms with Crippen LogP contribution < -0.4 is 0 Å². The van der Waals surface area contributed by atoms with Crippen LogP contribution in [0.2, 0.25) is 0 Å². The van der Waals surface area contributed by atoms with Crippen molar-refractivity contribution < 1.29 is 42.1 Å². The zero-order valence-electron chi connectivity index (χ0n) is 43.4. The molecule has 0 heterocycles. The van der Waals surface area contributed by atoms with E-state index in [9.17, 15) is 19.0 Å². The second-order valence-electron chi connectivity index (χ2n) is 19.2. The summed E-state index contributed by atoms with van der Waals surface area (Å²) in [6.45, 7) is 4.33. The number of phosphoric ester groups is 1. The van der Waals surface area contributed by atoms with Crippen LogP contribution in [0.5, 0.6) is 0 Å². The molecule has 0 aromatic heterocycles. The second kappa shape index (κ2) is 47.8. The van der Waals surface area contributed by atoms with Gasteiger partial charge in [-0.05, 0) is 57.8 Å². The molecule has 2 unspecified atom stereocenters. The van der Waals surface area contributed by atoms with Gasteiger partial charge in [0.15, 0.2) is 6.10 Å². The van der Waals surface area contributed by atoms with Crippen LogP contribution in [0.3, 0.4) is 0 Å². The molecule has 0 fully saturated rings. The van der Waals surface area contributed by atoms with E-state index in [1.54, 1.807) is 0 Å². The SMILES string of the molecule is CC/C=C\C/C=C\C/C=C\C/C=C\C/C=C\CCCCCCCCCCCCCC(=O)OC(COC(=O)CCCCCCCCCCCCCCCCC)COP(=O)(O)OCC[N+](C)(C)C. The van der Waals surface area contributed by atoms with Crippen LogP contribution in [0.15, 0.2) is 60.8 Å². The third kappa shape index (κ3) is 51.1. The molecule has 9 nitrogen and oxygen atoms in total. The van der Waals surface area contributed by atoms with Gasteiger partial charge in [-0.2, -0.15) is 0 Å². The van der Waals surface area contributed by atoms with Crippen molar-refractivity contribution in [1.29, 1.82) is 0 Å². The first-order valence-corrected chi connectivity index (χ1v) is 28.5. The number of carbonyl (C=O) groups is 2. The Balaban J connectivity index is 4.18. The fraction of sp³-hybridized carbons (Fsp3) is 0.786. The zero-order chi connectivity index (χ0) is 48.5. The summed E-state index contributed by atoms with van der Waals surface area (Å²) in [4.78, 5) is 35.6. The minimum Gasteiger partial charge on any atom is -0.462 e. The van der Waals surface area contributed by atoms with Crippen molar-refractivity contribution >= 4 is 19.8 Å². The van der Waals surface area contributed by atoms with E-state index >= 15 is 0 Å². The average molecular weight is 949 g/mol. The van der Waals surface area contributed by atoms with E-state index in [-0.39, 0.29) is 25.6 Å². The van der Waals surface area contributed by atoms with Gasteiger partial charge in [-0.3, -0.25) is 18.6 Å². The fourth-order valence-electron chi connectivity index (χ4n) is 7.40. The number of unbranched alkanes of at least 4 members (excludes halogenated alkanes) is 25. The molecule has 0 spiro atoms. The Kier molecular flexibility index (Phi) is 46.1. The minimum atomic E-state index is -4.38. The number of rotatable bonds is 49. The maximum absolute atomic E-state index is 12.8. The second-order valence-corrected chi connectivity index (χ2v) is 20.7. The molecule has 66 heavy (non-hydrogen) atoms. The summed E-state index contributed by atoms with van der Waals surface area (Å²) >= 11 is 0. The molecule has 0 aliphatic carbocycles. The number of nitrogens with zero attached hydrogens (tertiary/aromatic N) is 1. The number of carbonyl (C=O) groups excluding carboxylic acids is 2. The summed E-state index contributed by atoms with van der Waals surface area (Å²) in [5, 5.41) is 0. The van der Waals surface area contributed by atoms with Crippen molar-refractivity contribution in [2.24, 2.45) is 0 Å². The first-order chi connectivity index (χ1) is 32.0. The molecule has 0 radical (unpaired) electrons. The molecule has 384 valence electrons. The summed E-state index contributed by atoms with van der Waals surface area (Å²) in [6, 6.07) is 0. The Bertz CT molecular complexity index is 1300. The smallest absolute Gasteiger partial charge is 0.462 e. The molecule has 10 heteroatoms. The first-order valence-electron chi connectivity index (χ1n) is 27.0. The number of esters is 2. The van der Waals surface area contributed by atoms with Crippen molar-refractivity contribution in [3.05, 3.63) is 60.8 Å². The van der Waals surface area contributed by atoms with E-state index in [0.717, 1.165) is 70.6 Å². The van der Waals surface area contributed by atoms with Crippen molar-refractivity contribution in [1.82, 2.24) is 0 Å². The zero-order valence-corrected chi connectivity index (χ0v) is 44.3. The number of ether oxygens (including phenoxy) is 2. The maximum Gasteiger partial charge on any atom is 0.472 e. The Hall–Kier alpha value is -2.29. The van der Waals surface area contributed by atoms with Crippen LogP contribution in [-0.2, 0) is 32.7 Å². The standard InChI is InChI=1S/C56H102NO8P/c1-6-8-10-12-14-16-18-20-22-23-24-25-26-27-28-29-30-31-32-33-35-37-39-41-43-45-47-49-56(59)65-54(53-64-66(60,61)63-51-50-57(3,4)5)52-62-55(58)48-46-44-42-40-38-36-34-21-19-17-15-13-11-9-7-2/h8,10,14,16,20,22,24-25,27-28,54H,6-7,9,11-13,15,17-19,21,23,26,29-53H2,1-5H3/p+1/b10-8-,16-14-,22-20-,25-24-,28-27-. The highest BCUT2D eigenvalue weighted by Gasteiger charge is 2.27. The predicted octanol–water partition coefficient (Wildman–Crippen LogP) is 16.4. The molecule has 0 aliphatic heterocycles. The molecule has 2 atom stereocenters. The van der Waals surface area contributed by atoms with E-state index in [4.69, 9.17) is 18.5 Å². The van der Waals surface area contributed by atoms with Crippen LogP contribution in [0, 0.1) is 0 Å². The van der Waals surface area contributed by atoms with E-state index in [1.165, 1.54) is 128 Å². The van der Waals surface area contributed by atoms with Crippen LogP contribution in [0.4, 0.5) is 0 Å². The van der Waals surface area contributed by atoms with Gasteiger partial charge in [-0.25, -0.2) is 4.57 Å². The van der Waals surface area contributed by atoms with Crippen LogP contribution in [0.1, 0.15) is 232 Å². The van der Waals surface area contributed by atoms with Gasteiger partial charge in [0.1, 0.15) is 19.8 Å². The Morgan fingerprint density at radius 1 is 0.485 bits per heavy atom. The van der Waals surface area contributed by atoms with Gasteiger partial charge in [0.25, 0.3) is 0 Å². The lowest BCUT2D eigenvalue weighted by Gasteiger charge is -2.24. The fourth-order valence-corrected chi connectivity index (χ4v) is 8.14. The van der Waals surface area contributed by atoms with Crippen LogP contribution >= 0.6 is 7.82 Å². The Morgan fingerprint density at radius 3 is 1.29 bits per heavy atom. The number of phosphoric acid groups is 1. The van der Waals surface area contributed by atoms with E-state index < -0.39 is 26.5 Å². The summed E-state index contributed by atoms with van der Waals surface area (Å²) in [5.74, 6) is -0.795. The normalized spacial score (nSPS) is 13.8. The Morgan fingerprint density at radius 2 is 0.864 bits per heavy atom. The number of allylic oxidation sites excluding steroid dienone is 10. The van der Waals surface area contributed by atoms with Gasteiger partial charge >= 0.3 is 19.8 Å². The molecule has 0 aromatic carbocycles. The topological polar surface area (TPSA) is 108 Å². The number of likely N-dealkylation sites (N-methyl/N-ethyl adjacent to an activating group) is 1. The van der Waals surface area contributed by atoms with Gasteiger partial charge in [0.05, 0.1) is 27.7 Å². The molecule has 0 aromatic rings. The lowest BCUT2D eigenvalue weighted by atomic mass is 10.0. The van der Waals surface area contributed by atoms with Gasteiger partial charge in [-0.15, -0.1) is 0 Å². The Labute approximate surface area is 406 Å². The van der Waals surface area contributed by atoms with E-state index in [2.05, 4.69) is 74.6 Å². The predicted molar refractivity (Wildman–Crippen MR) is 279 cm³/mol. The molecule has 1 N–H and O–H groups in total. The molecule has 0 amide bonds. The molecule has 0 aliphatic rings. The van der Waals surface area contributed by atoms with Gasteiger partial charge in [0, 0.05) is 12.8 Å². The van der Waals surface area contributed by atoms with Crippen molar-refractivity contribution in [2.45, 2.75) is 238 Å². The lowest BCUT2D eigenvalue weighted by Crippen LogP contribution is -2.37. The van der Waals surface area contributed by atoms with Crippen molar-refractivity contribution in [3.63, 3.8) is 0 Å². The highest BCUT2D eigenvalue weighted by Crippen LogP contribution is 2.43. The summed E-state index contributed by atoms with van der Waals surface area (Å²) in [5.41, 5.74) is 0. The molecular weight excluding hydrogens is 846 g/mol. The number of hydrogen-bond donors (Lipinski definition) is 1. The minimum absolute atomic E-state index is 0.0307. The largest absolute Gasteiger partial charge is 0.472 e. The highest BCUT2D eigenvalue weighted by atomic mass is 31.2.